The molecule has 0 aromatic heterocycles. The van der Waals surface area contributed by atoms with Crippen molar-refractivity contribution in [3.63, 3.8) is 0 Å². The lowest BCUT2D eigenvalue weighted by atomic mass is 10.1. The van der Waals surface area contributed by atoms with Crippen molar-refractivity contribution in [2.24, 2.45) is 0 Å². The number of nitrogens with one attached hydrogen (secondary N) is 1. The van der Waals surface area contributed by atoms with E-state index < -0.39 is 27.3 Å². The maximum absolute atomic E-state index is 11.7. The molecule has 0 aliphatic rings. The van der Waals surface area contributed by atoms with Crippen LogP contribution >= 0.6 is 11.6 Å². The zero-order valence-corrected chi connectivity index (χ0v) is 11.5. The molecule has 100 valence electrons. The number of sulfonamides is 1. The Kier molecular flexibility index (Phi) is 4.72. The summed E-state index contributed by atoms with van der Waals surface area (Å²) in [5.41, 5.74) is 0.598. The monoisotopic (exact) mass is 291 g/mol. The first-order chi connectivity index (χ1) is 8.25. The number of halogens is 1. The topological polar surface area (TPSA) is 83.5 Å². The Morgan fingerprint density at radius 2 is 1.89 bits per heavy atom. The molecule has 18 heavy (non-hydrogen) atoms. The molecule has 1 rings (SSSR count). The second-order valence-electron chi connectivity index (χ2n) is 3.89. The van der Waals surface area contributed by atoms with Crippen molar-refractivity contribution in [3.8, 4) is 0 Å². The molecule has 7 heteroatoms. The lowest BCUT2D eigenvalue weighted by Crippen LogP contribution is -2.38. The van der Waals surface area contributed by atoms with E-state index in [4.69, 9.17) is 16.7 Å². The Labute approximate surface area is 111 Å². The normalized spacial score (nSPS) is 15.1. The number of aliphatic carboxylic acids is 1. The van der Waals surface area contributed by atoms with Crippen molar-refractivity contribution in [1.29, 1.82) is 0 Å². The van der Waals surface area contributed by atoms with Gasteiger partial charge in [-0.1, -0.05) is 29.8 Å². The van der Waals surface area contributed by atoms with Gasteiger partial charge in [0.05, 0.1) is 0 Å². The van der Waals surface area contributed by atoms with Crippen molar-refractivity contribution in [2.75, 3.05) is 0 Å². The molecule has 2 N–H and O–H groups in total. The van der Waals surface area contributed by atoms with E-state index in [0.29, 0.717) is 10.6 Å². The molecule has 5 nitrogen and oxygen atoms in total. The minimum atomic E-state index is -3.93. The van der Waals surface area contributed by atoms with Crippen LogP contribution in [0.1, 0.15) is 25.5 Å². The SMILES string of the molecule is CC(C(=O)O)S(=O)(=O)N[C@H](C)c1ccccc1Cl. The predicted molar refractivity (Wildman–Crippen MR) is 69.0 cm³/mol. The fourth-order valence-electron chi connectivity index (χ4n) is 1.37. The summed E-state index contributed by atoms with van der Waals surface area (Å²) in [5.74, 6) is -1.39. The van der Waals surface area contributed by atoms with Crippen LogP contribution in [0.2, 0.25) is 5.02 Å². The summed E-state index contributed by atoms with van der Waals surface area (Å²) in [6.45, 7) is 2.72. The largest absolute Gasteiger partial charge is 0.480 e. The predicted octanol–water partition coefficient (Wildman–Crippen LogP) is 1.79. The number of hydrogen-bond donors (Lipinski definition) is 2. The molecular formula is C11H14ClNO4S. The number of hydrogen-bond acceptors (Lipinski definition) is 3. The van der Waals surface area contributed by atoms with E-state index in [2.05, 4.69) is 4.72 Å². The Morgan fingerprint density at radius 3 is 2.39 bits per heavy atom. The first kappa shape index (κ1) is 14.9. The second kappa shape index (κ2) is 5.69. The van der Waals surface area contributed by atoms with Gasteiger partial charge >= 0.3 is 5.97 Å². The summed E-state index contributed by atoms with van der Waals surface area (Å²) in [7, 11) is -3.93. The maximum atomic E-state index is 11.7. The first-order valence-electron chi connectivity index (χ1n) is 5.24. The Hall–Kier alpha value is -1.11. The van der Waals surface area contributed by atoms with E-state index >= 15 is 0 Å². The van der Waals surface area contributed by atoms with Crippen molar-refractivity contribution in [1.82, 2.24) is 4.72 Å². The third-order valence-corrected chi connectivity index (χ3v) is 4.68. The summed E-state index contributed by atoms with van der Waals surface area (Å²) in [4.78, 5) is 10.7. The Morgan fingerprint density at radius 1 is 1.33 bits per heavy atom. The smallest absolute Gasteiger partial charge is 0.323 e. The minimum Gasteiger partial charge on any atom is -0.480 e. The minimum absolute atomic E-state index is 0.427. The molecule has 0 saturated heterocycles. The highest BCUT2D eigenvalue weighted by Crippen LogP contribution is 2.23. The molecule has 0 aliphatic heterocycles. The van der Waals surface area contributed by atoms with Gasteiger partial charge in [-0.15, -0.1) is 0 Å². The van der Waals surface area contributed by atoms with Crippen molar-refractivity contribution < 1.29 is 18.3 Å². The summed E-state index contributed by atoms with van der Waals surface area (Å²) in [6.07, 6.45) is 0. The van der Waals surface area contributed by atoms with Gasteiger partial charge in [0.15, 0.2) is 5.25 Å². The summed E-state index contributed by atoms with van der Waals surface area (Å²) < 4.78 is 25.8. The van der Waals surface area contributed by atoms with Crippen LogP contribution in [0.4, 0.5) is 0 Å². The van der Waals surface area contributed by atoms with Crippen LogP contribution in [0, 0.1) is 0 Å². The maximum Gasteiger partial charge on any atom is 0.323 e. The highest BCUT2D eigenvalue weighted by Gasteiger charge is 2.29. The zero-order chi connectivity index (χ0) is 13.9. The quantitative estimate of drug-likeness (QED) is 0.866. The highest BCUT2D eigenvalue weighted by atomic mass is 35.5. The van der Waals surface area contributed by atoms with E-state index in [1.807, 2.05) is 0 Å². The highest BCUT2D eigenvalue weighted by molar-refractivity contribution is 7.90. The van der Waals surface area contributed by atoms with Crippen LogP contribution < -0.4 is 4.72 Å². The van der Waals surface area contributed by atoms with Crippen molar-refractivity contribution in [2.45, 2.75) is 25.1 Å². The second-order valence-corrected chi connectivity index (χ2v) is 6.33. The third-order valence-electron chi connectivity index (χ3n) is 2.53. The zero-order valence-electron chi connectivity index (χ0n) is 9.92. The number of carboxylic acids is 1. The molecule has 1 aromatic rings. The molecule has 0 saturated carbocycles. The molecule has 0 spiro atoms. The van der Waals surface area contributed by atoms with Gasteiger partial charge in [-0.2, -0.15) is 0 Å². The fraction of sp³-hybridized carbons (Fsp3) is 0.364. The van der Waals surface area contributed by atoms with Gasteiger partial charge in [-0.25, -0.2) is 13.1 Å². The van der Waals surface area contributed by atoms with Crippen LogP contribution in [0.5, 0.6) is 0 Å². The average molecular weight is 292 g/mol. The molecule has 2 atom stereocenters. The third kappa shape index (κ3) is 3.44. The lowest BCUT2D eigenvalue weighted by Gasteiger charge is -2.17. The fourth-order valence-corrected chi connectivity index (χ4v) is 2.76. The van der Waals surface area contributed by atoms with Crippen molar-refractivity contribution >= 4 is 27.6 Å². The Balaban J connectivity index is 2.92. The summed E-state index contributed by atoms with van der Waals surface area (Å²) >= 11 is 5.94. The summed E-state index contributed by atoms with van der Waals surface area (Å²) in [6, 6.07) is 6.19. The van der Waals surface area contributed by atoms with Crippen LogP contribution in [0.15, 0.2) is 24.3 Å². The van der Waals surface area contributed by atoms with E-state index in [1.165, 1.54) is 0 Å². The molecule has 0 fully saturated rings. The van der Waals surface area contributed by atoms with Crippen molar-refractivity contribution in [3.05, 3.63) is 34.9 Å². The van der Waals surface area contributed by atoms with Gasteiger partial charge in [0.2, 0.25) is 10.0 Å². The Bertz CT molecular complexity index is 544. The van der Waals surface area contributed by atoms with Gasteiger partial charge in [0, 0.05) is 11.1 Å². The van der Waals surface area contributed by atoms with Crippen LogP contribution in [0.25, 0.3) is 0 Å². The molecule has 0 aliphatic carbocycles. The number of carboxylic acid groups (broad SMARTS) is 1. The van der Waals surface area contributed by atoms with Crippen LogP contribution in [0.3, 0.4) is 0 Å². The van der Waals surface area contributed by atoms with E-state index in [-0.39, 0.29) is 0 Å². The lowest BCUT2D eigenvalue weighted by molar-refractivity contribution is -0.136. The number of benzene rings is 1. The van der Waals surface area contributed by atoms with Gasteiger partial charge in [-0.05, 0) is 25.5 Å². The number of carbonyl (C=O) groups is 1. The van der Waals surface area contributed by atoms with E-state index in [1.54, 1.807) is 31.2 Å². The van der Waals surface area contributed by atoms with E-state index in [0.717, 1.165) is 6.92 Å². The molecule has 1 unspecified atom stereocenters. The molecule has 0 heterocycles. The standard InChI is InChI=1S/C11H14ClNO4S/c1-7(9-5-3-4-6-10(9)12)13-18(16,17)8(2)11(14)15/h3-8,13H,1-2H3,(H,14,15)/t7-,8?/m1/s1. The van der Waals surface area contributed by atoms with Crippen LogP contribution in [-0.4, -0.2) is 24.7 Å². The first-order valence-corrected chi connectivity index (χ1v) is 7.16. The molecule has 0 amide bonds. The average Bonchev–Trinajstić information content (AvgIpc) is 2.27. The molecule has 1 aromatic carbocycles. The van der Waals surface area contributed by atoms with E-state index in [9.17, 15) is 13.2 Å². The number of rotatable bonds is 5. The van der Waals surface area contributed by atoms with Gasteiger partial charge in [0.25, 0.3) is 0 Å². The van der Waals surface area contributed by atoms with Crippen LogP contribution in [-0.2, 0) is 14.8 Å². The van der Waals surface area contributed by atoms with Gasteiger partial charge < -0.3 is 5.11 Å². The van der Waals surface area contributed by atoms with Gasteiger partial charge in [0.1, 0.15) is 0 Å². The van der Waals surface area contributed by atoms with Gasteiger partial charge in [-0.3, -0.25) is 4.79 Å². The summed E-state index contributed by atoms with van der Waals surface area (Å²) in [5, 5.41) is 7.63. The molecule has 0 radical (unpaired) electrons. The molecular weight excluding hydrogens is 278 g/mol. The molecule has 0 bridgehead atoms.